The molecule has 6 heteroatoms. The van der Waals surface area contributed by atoms with Crippen molar-refractivity contribution < 1.29 is 8.42 Å². The second kappa shape index (κ2) is 6.33. The van der Waals surface area contributed by atoms with Gasteiger partial charge >= 0.3 is 0 Å². The van der Waals surface area contributed by atoms with Crippen LogP contribution in [0.1, 0.15) is 31.4 Å². The van der Waals surface area contributed by atoms with Crippen LogP contribution in [0.5, 0.6) is 0 Å². The standard InChI is InChI=1S/C11H15N3O2S/c1-2-3-7-17(15,16)14-11(8-12)10-5-4-6-13-9-10/h4-6,9,11,14H,2-3,7H2,1H3. The minimum Gasteiger partial charge on any atom is -0.264 e. The molecule has 0 radical (unpaired) electrons. The number of aromatic nitrogens is 1. The van der Waals surface area contributed by atoms with Crippen molar-refractivity contribution in [2.45, 2.75) is 25.8 Å². The van der Waals surface area contributed by atoms with Gasteiger partial charge in [-0.15, -0.1) is 0 Å². The molecule has 0 amide bonds. The first-order valence-corrected chi connectivity index (χ1v) is 7.04. The quantitative estimate of drug-likeness (QED) is 0.830. The fraction of sp³-hybridized carbons (Fsp3) is 0.455. The lowest BCUT2D eigenvalue weighted by Gasteiger charge is -2.11. The zero-order chi connectivity index (χ0) is 12.7. The van der Waals surface area contributed by atoms with Crippen molar-refractivity contribution in [1.82, 2.24) is 9.71 Å². The molecule has 92 valence electrons. The maximum atomic E-state index is 11.6. The summed E-state index contributed by atoms with van der Waals surface area (Å²) in [5, 5.41) is 8.96. The molecule has 0 aromatic carbocycles. The summed E-state index contributed by atoms with van der Waals surface area (Å²) in [5.41, 5.74) is 0.551. The Balaban J connectivity index is 2.75. The number of pyridine rings is 1. The number of hydrogen-bond acceptors (Lipinski definition) is 4. The molecule has 0 aliphatic rings. The molecule has 1 N–H and O–H groups in total. The molecule has 0 spiro atoms. The maximum absolute atomic E-state index is 11.6. The van der Waals surface area contributed by atoms with E-state index >= 15 is 0 Å². The topological polar surface area (TPSA) is 82.9 Å². The van der Waals surface area contributed by atoms with E-state index < -0.39 is 16.1 Å². The van der Waals surface area contributed by atoms with Crippen LogP contribution in [0.25, 0.3) is 0 Å². The summed E-state index contributed by atoms with van der Waals surface area (Å²) in [6, 6.07) is 4.39. The van der Waals surface area contributed by atoms with Crippen LogP contribution >= 0.6 is 0 Å². The van der Waals surface area contributed by atoms with Crippen molar-refractivity contribution in [2.24, 2.45) is 0 Å². The zero-order valence-corrected chi connectivity index (χ0v) is 10.4. The van der Waals surface area contributed by atoms with Crippen molar-refractivity contribution in [3.63, 3.8) is 0 Å². The number of rotatable bonds is 6. The van der Waals surface area contributed by atoms with Gasteiger partial charge in [0.15, 0.2) is 0 Å². The largest absolute Gasteiger partial charge is 0.264 e. The fourth-order valence-electron chi connectivity index (χ4n) is 1.29. The average molecular weight is 253 g/mol. The van der Waals surface area contributed by atoms with E-state index in [0.717, 1.165) is 6.42 Å². The van der Waals surface area contributed by atoms with Gasteiger partial charge in [0.1, 0.15) is 6.04 Å². The number of nitrogens with one attached hydrogen (secondary N) is 1. The SMILES string of the molecule is CCCCS(=O)(=O)NC(C#N)c1cccnc1. The summed E-state index contributed by atoms with van der Waals surface area (Å²) in [7, 11) is -3.40. The Morgan fingerprint density at radius 1 is 1.59 bits per heavy atom. The molecule has 1 unspecified atom stereocenters. The van der Waals surface area contributed by atoms with E-state index in [9.17, 15) is 8.42 Å². The second-order valence-electron chi connectivity index (χ2n) is 3.64. The van der Waals surface area contributed by atoms with E-state index in [1.165, 1.54) is 6.20 Å². The molecular weight excluding hydrogens is 238 g/mol. The van der Waals surface area contributed by atoms with Crippen molar-refractivity contribution >= 4 is 10.0 Å². The zero-order valence-electron chi connectivity index (χ0n) is 9.63. The lowest BCUT2D eigenvalue weighted by atomic mass is 10.1. The maximum Gasteiger partial charge on any atom is 0.213 e. The van der Waals surface area contributed by atoms with Gasteiger partial charge in [0.25, 0.3) is 0 Å². The third kappa shape index (κ3) is 4.51. The van der Waals surface area contributed by atoms with Gasteiger partial charge in [-0.1, -0.05) is 19.4 Å². The monoisotopic (exact) mass is 253 g/mol. The molecule has 1 aromatic heterocycles. The van der Waals surface area contributed by atoms with Crippen LogP contribution in [-0.4, -0.2) is 19.2 Å². The van der Waals surface area contributed by atoms with Crippen molar-refractivity contribution in [2.75, 3.05) is 5.75 Å². The molecular formula is C11H15N3O2S. The third-order valence-electron chi connectivity index (χ3n) is 2.21. The highest BCUT2D eigenvalue weighted by atomic mass is 32.2. The molecule has 1 heterocycles. The summed E-state index contributed by atoms with van der Waals surface area (Å²) in [5.74, 6) is 0.0436. The van der Waals surface area contributed by atoms with Gasteiger partial charge in [0.2, 0.25) is 10.0 Å². The molecule has 1 aromatic rings. The molecule has 5 nitrogen and oxygen atoms in total. The van der Waals surface area contributed by atoms with Crippen molar-refractivity contribution in [1.29, 1.82) is 5.26 Å². The van der Waals surface area contributed by atoms with E-state index in [-0.39, 0.29) is 5.75 Å². The number of unbranched alkanes of at least 4 members (excludes halogenated alkanes) is 1. The van der Waals surface area contributed by atoms with Crippen LogP contribution in [0.4, 0.5) is 0 Å². The molecule has 17 heavy (non-hydrogen) atoms. The van der Waals surface area contributed by atoms with Gasteiger partial charge in [-0.2, -0.15) is 9.98 Å². The lowest BCUT2D eigenvalue weighted by Crippen LogP contribution is -2.30. The molecule has 0 bridgehead atoms. The summed E-state index contributed by atoms with van der Waals surface area (Å²) in [6.45, 7) is 1.92. The summed E-state index contributed by atoms with van der Waals surface area (Å²) in [4.78, 5) is 3.86. The molecule has 1 rings (SSSR count). The predicted molar refractivity (Wildman–Crippen MR) is 64.4 cm³/mol. The minimum atomic E-state index is -3.40. The van der Waals surface area contributed by atoms with Gasteiger partial charge in [-0.25, -0.2) is 8.42 Å². The average Bonchev–Trinajstić information content (AvgIpc) is 2.35. The first kappa shape index (κ1) is 13.6. The summed E-state index contributed by atoms with van der Waals surface area (Å²) >= 11 is 0. The highest BCUT2D eigenvalue weighted by Crippen LogP contribution is 2.11. The number of hydrogen-bond donors (Lipinski definition) is 1. The molecule has 0 fully saturated rings. The van der Waals surface area contributed by atoms with Gasteiger partial charge in [-0.3, -0.25) is 4.98 Å². The van der Waals surface area contributed by atoms with Crippen LogP contribution < -0.4 is 4.72 Å². The highest BCUT2D eigenvalue weighted by molar-refractivity contribution is 7.89. The molecule has 0 saturated carbocycles. The molecule has 0 saturated heterocycles. The Morgan fingerprint density at radius 3 is 2.88 bits per heavy atom. The minimum absolute atomic E-state index is 0.0436. The number of nitrogens with zero attached hydrogens (tertiary/aromatic N) is 2. The third-order valence-corrected chi connectivity index (χ3v) is 3.63. The number of sulfonamides is 1. The predicted octanol–water partition coefficient (Wildman–Crippen LogP) is 1.37. The lowest BCUT2D eigenvalue weighted by molar-refractivity contribution is 0.572. The molecule has 0 aliphatic carbocycles. The van der Waals surface area contributed by atoms with Crippen molar-refractivity contribution in [3.8, 4) is 6.07 Å². The van der Waals surface area contributed by atoms with Crippen LogP contribution in [0.2, 0.25) is 0 Å². The van der Waals surface area contributed by atoms with E-state index in [0.29, 0.717) is 12.0 Å². The Labute approximate surface area is 102 Å². The van der Waals surface area contributed by atoms with Gasteiger partial charge in [-0.05, 0) is 12.5 Å². The normalized spacial score (nSPS) is 12.9. The van der Waals surface area contributed by atoms with Crippen LogP contribution in [-0.2, 0) is 10.0 Å². The molecule has 1 atom stereocenters. The van der Waals surface area contributed by atoms with Crippen LogP contribution in [0.15, 0.2) is 24.5 Å². The van der Waals surface area contributed by atoms with E-state index in [1.54, 1.807) is 18.3 Å². The smallest absolute Gasteiger partial charge is 0.213 e. The van der Waals surface area contributed by atoms with Crippen molar-refractivity contribution in [3.05, 3.63) is 30.1 Å². The van der Waals surface area contributed by atoms with E-state index in [2.05, 4.69) is 9.71 Å². The fourth-order valence-corrected chi connectivity index (χ4v) is 2.62. The first-order chi connectivity index (χ1) is 8.09. The van der Waals surface area contributed by atoms with Crippen LogP contribution in [0, 0.1) is 11.3 Å². The highest BCUT2D eigenvalue weighted by Gasteiger charge is 2.18. The van der Waals surface area contributed by atoms with Crippen LogP contribution in [0.3, 0.4) is 0 Å². The first-order valence-electron chi connectivity index (χ1n) is 5.38. The summed E-state index contributed by atoms with van der Waals surface area (Å²) < 4.78 is 25.7. The van der Waals surface area contributed by atoms with Gasteiger partial charge in [0.05, 0.1) is 11.8 Å². The van der Waals surface area contributed by atoms with E-state index in [4.69, 9.17) is 5.26 Å². The number of nitriles is 1. The molecule has 0 aliphatic heterocycles. The Bertz CT molecular complexity index is 479. The Hall–Kier alpha value is -1.45. The summed E-state index contributed by atoms with van der Waals surface area (Å²) in [6.07, 6.45) is 4.44. The Morgan fingerprint density at radius 2 is 2.35 bits per heavy atom. The second-order valence-corrected chi connectivity index (χ2v) is 5.51. The van der Waals surface area contributed by atoms with E-state index in [1.807, 2.05) is 13.0 Å². The van der Waals surface area contributed by atoms with Gasteiger partial charge < -0.3 is 0 Å². The Kier molecular flexibility index (Phi) is 5.07. The van der Waals surface area contributed by atoms with Gasteiger partial charge in [0, 0.05) is 18.0 Å².